The first-order valence-electron chi connectivity index (χ1n) is 6.56. The zero-order valence-electron chi connectivity index (χ0n) is 10.4. The van der Waals surface area contributed by atoms with E-state index in [1.165, 1.54) is 11.1 Å². The molecule has 2 aliphatic rings. The van der Waals surface area contributed by atoms with Gasteiger partial charge in [0.25, 0.3) is 0 Å². The summed E-state index contributed by atoms with van der Waals surface area (Å²) in [6, 6.07) is 3.85. The molecule has 2 fully saturated rings. The van der Waals surface area contributed by atoms with Gasteiger partial charge in [0.05, 0.1) is 6.61 Å². The van der Waals surface area contributed by atoms with Crippen LogP contribution in [0.3, 0.4) is 0 Å². The Labute approximate surface area is 110 Å². The number of nitrogens with zero attached hydrogens (tertiary/aromatic N) is 1. The first-order chi connectivity index (χ1) is 9.16. The number of halogens is 2. The fraction of sp³-hybridized carbons (Fsp3) is 0.500. The van der Waals surface area contributed by atoms with E-state index in [4.69, 9.17) is 4.84 Å². The summed E-state index contributed by atoms with van der Waals surface area (Å²) in [5, 5.41) is 1.42. The largest absolute Gasteiger partial charge is 0.272 e. The van der Waals surface area contributed by atoms with Crippen LogP contribution in [-0.2, 0) is 9.63 Å². The van der Waals surface area contributed by atoms with Crippen LogP contribution in [0.4, 0.5) is 8.78 Å². The quantitative estimate of drug-likeness (QED) is 0.824. The van der Waals surface area contributed by atoms with Crippen molar-refractivity contribution >= 4 is 5.91 Å². The molecule has 1 amide bonds. The molecule has 1 saturated carbocycles. The highest BCUT2D eigenvalue weighted by molar-refractivity contribution is 5.82. The van der Waals surface area contributed by atoms with E-state index in [-0.39, 0.29) is 17.7 Å². The van der Waals surface area contributed by atoms with Crippen LogP contribution in [0.5, 0.6) is 0 Å². The molecule has 19 heavy (non-hydrogen) atoms. The minimum atomic E-state index is -0.857. The van der Waals surface area contributed by atoms with Crippen molar-refractivity contribution in [3.05, 3.63) is 35.4 Å². The van der Waals surface area contributed by atoms with Crippen molar-refractivity contribution in [3.8, 4) is 0 Å². The Hall–Kier alpha value is -1.49. The predicted molar refractivity (Wildman–Crippen MR) is 64.1 cm³/mol. The van der Waals surface area contributed by atoms with Crippen molar-refractivity contribution in [1.29, 1.82) is 0 Å². The van der Waals surface area contributed by atoms with Crippen LogP contribution < -0.4 is 0 Å². The Balaban J connectivity index is 1.66. The van der Waals surface area contributed by atoms with Crippen LogP contribution in [0.15, 0.2) is 18.2 Å². The number of carbonyl (C=O) groups is 1. The normalized spacial score (nSPS) is 26.3. The first-order valence-corrected chi connectivity index (χ1v) is 6.56. The predicted octanol–water partition coefficient (Wildman–Crippen LogP) is 2.62. The second-order valence-corrected chi connectivity index (χ2v) is 5.10. The van der Waals surface area contributed by atoms with E-state index in [0.29, 0.717) is 25.1 Å². The fourth-order valence-corrected chi connectivity index (χ4v) is 2.53. The van der Waals surface area contributed by atoms with Crippen molar-refractivity contribution in [2.24, 2.45) is 5.92 Å². The minimum Gasteiger partial charge on any atom is -0.272 e. The fourth-order valence-electron chi connectivity index (χ4n) is 2.53. The molecule has 1 saturated heterocycles. The van der Waals surface area contributed by atoms with Crippen molar-refractivity contribution in [2.75, 3.05) is 13.2 Å². The molecule has 3 nitrogen and oxygen atoms in total. The average Bonchev–Trinajstić information content (AvgIpc) is 3.22. The zero-order chi connectivity index (χ0) is 13.4. The molecular formula is C14H15F2NO2. The SMILES string of the molecule is O=C([C@@H]1C[C@H]1c1ccc(F)c(F)c1)N1CCCCO1. The lowest BCUT2D eigenvalue weighted by Gasteiger charge is -2.26. The van der Waals surface area contributed by atoms with Crippen LogP contribution >= 0.6 is 0 Å². The molecule has 102 valence electrons. The van der Waals surface area contributed by atoms with E-state index in [2.05, 4.69) is 0 Å². The maximum atomic E-state index is 13.2. The van der Waals surface area contributed by atoms with E-state index in [1.54, 1.807) is 6.07 Å². The van der Waals surface area contributed by atoms with Crippen molar-refractivity contribution < 1.29 is 18.4 Å². The van der Waals surface area contributed by atoms with Crippen LogP contribution in [-0.4, -0.2) is 24.1 Å². The summed E-state index contributed by atoms with van der Waals surface area (Å²) < 4.78 is 26.0. The third kappa shape index (κ3) is 2.47. The highest BCUT2D eigenvalue weighted by Gasteiger charge is 2.46. The molecule has 2 atom stereocenters. The summed E-state index contributed by atoms with van der Waals surface area (Å²) in [6.07, 6.45) is 2.61. The summed E-state index contributed by atoms with van der Waals surface area (Å²) in [6.45, 7) is 1.20. The summed E-state index contributed by atoms with van der Waals surface area (Å²) in [5.41, 5.74) is 0.689. The van der Waals surface area contributed by atoms with Gasteiger partial charge in [-0.3, -0.25) is 9.63 Å². The summed E-state index contributed by atoms with van der Waals surface area (Å²) >= 11 is 0. The Morgan fingerprint density at radius 2 is 2.11 bits per heavy atom. The van der Waals surface area contributed by atoms with Gasteiger partial charge in [0.1, 0.15) is 0 Å². The number of hydrogen-bond donors (Lipinski definition) is 0. The highest BCUT2D eigenvalue weighted by atomic mass is 19.2. The standard InChI is InChI=1S/C14H15F2NO2/c15-12-4-3-9(7-13(12)16)10-8-11(10)14(18)17-5-1-2-6-19-17/h3-4,7,10-11H,1-2,5-6,8H2/t10-,11+/m0/s1. The maximum absolute atomic E-state index is 13.2. The molecular weight excluding hydrogens is 252 g/mol. The van der Waals surface area contributed by atoms with Gasteiger partial charge in [0.15, 0.2) is 11.6 Å². The molecule has 1 aromatic rings. The molecule has 0 N–H and O–H groups in total. The van der Waals surface area contributed by atoms with Crippen LogP contribution in [0.1, 0.15) is 30.7 Å². The molecule has 1 aromatic carbocycles. The minimum absolute atomic E-state index is 0.00636. The molecule has 0 unspecified atom stereocenters. The van der Waals surface area contributed by atoms with E-state index in [1.807, 2.05) is 0 Å². The molecule has 0 bridgehead atoms. The molecule has 1 aliphatic heterocycles. The van der Waals surface area contributed by atoms with Gasteiger partial charge in [-0.25, -0.2) is 13.8 Å². The van der Waals surface area contributed by atoms with Crippen molar-refractivity contribution in [1.82, 2.24) is 5.06 Å². The Bertz CT molecular complexity index is 500. The van der Waals surface area contributed by atoms with Crippen LogP contribution in [0.2, 0.25) is 0 Å². The molecule has 5 heteroatoms. The van der Waals surface area contributed by atoms with Crippen LogP contribution in [0.25, 0.3) is 0 Å². The molecule has 0 spiro atoms. The zero-order valence-corrected chi connectivity index (χ0v) is 10.4. The van der Waals surface area contributed by atoms with Gasteiger partial charge in [0.2, 0.25) is 5.91 Å². The Morgan fingerprint density at radius 3 is 2.79 bits per heavy atom. The molecule has 1 aliphatic carbocycles. The van der Waals surface area contributed by atoms with E-state index >= 15 is 0 Å². The molecule has 3 rings (SSSR count). The summed E-state index contributed by atoms with van der Waals surface area (Å²) in [7, 11) is 0. The Morgan fingerprint density at radius 1 is 1.26 bits per heavy atom. The van der Waals surface area contributed by atoms with Crippen molar-refractivity contribution in [2.45, 2.75) is 25.2 Å². The molecule has 0 radical (unpaired) electrons. The van der Waals surface area contributed by atoms with Gasteiger partial charge in [-0.1, -0.05) is 6.07 Å². The van der Waals surface area contributed by atoms with E-state index in [0.717, 1.165) is 18.9 Å². The second-order valence-electron chi connectivity index (χ2n) is 5.10. The van der Waals surface area contributed by atoms with Gasteiger partial charge in [0, 0.05) is 12.5 Å². The molecule has 0 aromatic heterocycles. The summed E-state index contributed by atoms with van der Waals surface area (Å²) in [5.74, 6) is -1.90. The number of rotatable bonds is 2. The lowest BCUT2D eigenvalue weighted by atomic mass is 10.1. The number of amides is 1. The topological polar surface area (TPSA) is 29.5 Å². The number of carbonyl (C=O) groups excluding carboxylic acids is 1. The van der Waals surface area contributed by atoms with Gasteiger partial charge >= 0.3 is 0 Å². The number of hydroxylamine groups is 2. The maximum Gasteiger partial charge on any atom is 0.249 e. The number of benzene rings is 1. The van der Waals surface area contributed by atoms with E-state index in [9.17, 15) is 13.6 Å². The number of hydrogen-bond acceptors (Lipinski definition) is 2. The molecule has 1 heterocycles. The van der Waals surface area contributed by atoms with Gasteiger partial charge in [-0.2, -0.15) is 0 Å². The third-order valence-electron chi connectivity index (χ3n) is 3.73. The van der Waals surface area contributed by atoms with Gasteiger partial charge in [-0.05, 0) is 42.9 Å². The third-order valence-corrected chi connectivity index (χ3v) is 3.73. The average molecular weight is 267 g/mol. The lowest BCUT2D eigenvalue weighted by molar-refractivity contribution is -0.198. The van der Waals surface area contributed by atoms with E-state index < -0.39 is 11.6 Å². The van der Waals surface area contributed by atoms with Gasteiger partial charge < -0.3 is 0 Å². The van der Waals surface area contributed by atoms with Gasteiger partial charge in [-0.15, -0.1) is 0 Å². The van der Waals surface area contributed by atoms with Crippen molar-refractivity contribution in [3.63, 3.8) is 0 Å². The Kier molecular flexibility index (Phi) is 3.22. The van der Waals surface area contributed by atoms with Crippen LogP contribution in [0, 0.1) is 17.6 Å². The monoisotopic (exact) mass is 267 g/mol. The smallest absolute Gasteiger partial charge is 0.249 e. The highest BCUT2D eigenvalue weighted by Crippen LogP contribution is 2.48. The summed E-state index contributed by atoms with van der Waals surface area (Å²) in [4.78, 5) is 17.4. The second kappa shape index (κ2) is 4.89. The first kappa shape index (κ1) is 12.5. The lowest BCUT2D eigenvalue weighted by Crippen LogP contribution is -2.37.